The van der Waals surface area contributed by atoms with E-state index in [1.165, 1.54) is 5.56 Å². The van der Waals surface area contributed by atoms with Crippen LogP contribution in [0.25, 0.3) is 16.7 Å². The molecule has 108 valence electrons. The number of benzene rings is 2. The number of rotatable bonds is 5. The number of fused-ring (bicyclic) bond motifs is 1. The van der Waals surface area contributed by atoms with E-state index in [1.54, 1.807) is 0 Å². The molecule has 0 aliphatic carbocycles. The molecule has 4 nitrogen and oxygen atoms in total. The molecular weight excluding hydrogens is 328 g/mol. The second-order valence-electron chi connectivity index (χ2n) is 4.94. The lowest BCUT2D eigenvalue weighted by atomic mass is 10.1. The molecule has 3 rings (SSSR count). The highest BCUT2D eigenvalue weighted by molar-refractivity contribution is 9.10. The van der Waals surface area contributed by atoms with Crippen LogP contribution in [0.15, 0.2) is 46.9 Å². The van der Waals surface area contributed by atoms with Gasteiger partial charge in [0.25, 0.3) is 0 Å². The maximum atomic E-state index is 4.31. The van der Waals surface area contributed by atoms with Gasteiger partial charge in [-0.05, 0) is 48.9 Å². The summed E-state index contributed by atoms with van der Waals surface area (Å²) in [6.45, 7) is 3.99. The summed E-state index contributed by atoms with van der Waals surface area (Å²) in [5.41, 5.74) is 4.20. The normalized spacial score (nSPS) is 11.1. The molecule has 1 aromatic heterocycles. The number of hydrogen-bond acceptors (Lipinski definition) is 3. The van der Waals surface area contributed by atoms with Gasteiger partial charge in [0.05, 0.1) is 11.2 Å². The van der Waals surface area contributed by atoms with Gasteiger partial charge in [0.1, 0.15) is 5.52 Å². The molecule has 0 unspecified atom stereocenters. The Morgan fingerprint density at radius 1 is 1.19 bits per heavy atom. The van der Waals surface area contributed by atoms with Crippen molar-refractivity contribution in [1.82, 2.24) is 20.3 Å². The highest BCUT2D eigenvalue weighted by Crippen LogP contribution is 2.23. The summed E-state index contributed by atoms with van der Waals surface area (Å²) in [6.07, 6.45) is 1.12. The zero-order chi connectivity index (χ0) is 14.7. The first kappa shape index (κ1) is 14.2. The summed E-state index contributed by atoms with van der Waals surface area (Å²) in [7, 11) is 0. The molecule has 0 bridgehead atoms. The largest absolute Gasteiger partial charge is 0.313 e. The molecule has 2 aromatic carbocycles. The summed E-state index contributed by atoms with van der Waals surface area (Å²) in [6, 6.07) is 14.3. The van der Waals surface area contributed by atoms with E-state index in [0.29, 0.717) is 0 Å². The Kier molecular flexibility index (Phi) is 4.31. The van der Waals surface area contributed by atoms with Gasteiger partial charge >= 0.3 is 0 Å². The number of nitrogens with zero attached hydrogens (tertiary/aromatic N) is 3. The number of para-hydroxylation sites is 1. The summed E-state index contributed by atoms with van der Waals surface area (Å²) >= 11 is 3.55. The first-order valence-corrected chi connectivity index (χ1v) is 7.89. The second kappa shape index (κ2) is 6.37. The predicted molar refractivity (Wildman–Crippen MR) is 88.6 cm³/mol. The van der Waals surface area contributed by atoms with Gasteiger partial charge in [-0.25, -0.2) is 4.68 Å². The third-order valence-electron chi connectivity index (χ3n) is 3.36. The molecular formula is C16H17BrN4. The van der Waals surface area contributed by atoms with Crippen molar-refractivity contribution in [2.75, 3.05) is 6.54 Å². The average Bonchev–Trinajstić information content (AvgIpc) is 2.92. The Bertz CT molecular complexity index is 751. The Hall–Kier alpha value is -1.72. The molecule has 5 heteroatoms. The maximum Gasteiger partial charge on any atom is 0.113 e. The fraction of sp³-hybridized carbons (Fsp3) is 0.250. The lowest BCUT2D eigenvalue weighted by Crippen LogP contribution is -2.16. The number of hydrogen-bond donors (Lipinski definition) is 1. The molecule has 0 fully saturated rings. The van der Waals surface area contributed by atoms with Crippen LogP contribution in [0.3, 0.4) is 0 Å². The van der Waals surface area contributed by atoms with Crippen LogP contribution >= 0.6 is 15.9 Å². The van der Waals surface area contributed by atoms with E-state index in [4.69, 9.17) is 0 Å². The van der Waals surface area contributed by atoms with E-state index in [-0.39, 0.29) is 0 Å². The van der Waals surface area contributed by atoms with E-state index in [2.05, 4.69) is 50.6 Å². The third-order valence-corrected chi connectivity index (χ3v) is 3.86. The van der Waals surface area contributed by atoms with Crippen LogP contribution in [0.5, 0.6) is 0 Å². The molecule has 0 aliphatic heterocycles. The summed E-state index contributed by atoms with van der Waals surface area (Å²) in [4.78, 5) is 0. The third kappa shape index (κ3) is 2.99. The molecule has 3 aromatic rings. The molecule has 0 aliphatic rings. The zero-order valence-electron chi connectivity index (χ0n) is 11.9. The van der Waals surface area contributed by atoms with Crippen LogP contribution < -0.4 is 5.32 Å². The van der Waals surface area contributed by atoms with Crippen LogP contribution in [0.2, 0.25) is 0 Å². The van der Waals surface area contributed by atoms with Crippen molar-refractivity contribution in [3.05, 3.63) is 52.5 Å². The monoisotopic (exact) mass is 344 g/mol. The minimum Gasteiger partial charge on any atom is -0.313 e. The molecule has 0 saturated carbocycles. The summed E-state index contributed by atoms with van der Waals surface area (Å²) in [5, 5.41) is 12.0. The lowest BCUT2D eigenvalue weighted by Gasteiger charge is -2.11. The molecule has 21 heavy (non-hydrogen) atoms. The second-order valence-corrected chi connectivity index (χ2v) is 5.86. The Morgan fingerprint density at radius 3 is 2.90 bits per heavy atom. The Labute approximate surface area is 132 Å². The highest BCUT2D eigenvalue weighted by Gasteiger charge is 2.10. The lowest BCUT2D eigenvalue weighted by molar-refractivity contribution is 0.669. The molecule has 0 saturated heterocycles. The number of halogens is 1. The predicted octanol–water partition coefficient (Wildman–Crippen LogP) is 3.68. The fourth-order valence-electron chi connectivity index (χ4n) is 2.35. The van der Waals surface area contributed by atoms with E-state index in [0.717, 1.165) is 40.7 Å². The zero-order valence-corrected chi connectivity index (χ0v) is 13.5. The Morgan fingerprint density at radius 2 is 2.05 bits per heavy atom. The topological polar surface area (TPSA) is 42.7 Å². The van der Waals surface area contributed by atoms with Crippen molar-refractivity contribution in [1.29, 1.82) is 0 Å². The maximum absolute atomic E-state index is 4.31. The first-order chi connectivity index (χ1) is 10.3. The van der Waals surface area contributed by atoms with Gasteiger partial charge in [0.15, 0.2) is 0 Å². The molecule has 0 spiro atoms. The fourth-order valence-corrected chi connectivity index (χ4v) is 2.76. The minimum absolute atomic E-state index is 0.816. The van der Waals surface area contributed by atoms with Crippen LogP contribution in [0.4, 0.5) is 0 Å². The minimum atomic E-state index is 0.816. The van der Waals surface area contributed by atoms with Gasteiger partial charge in [0.2, 0.25) is 0 Å². The van der Waals surface area contributed by atoms with Gasteiger partial charge in [-0.3, -0.25) is 0 Å². The van der Waals surface area contributed by atoms with Crippen molar-refractivity contribution in [2.45, 2.75) is 19.9 Å². The highest BCUT2D eigenvalue weighted by atomic mass is 79.9. The van der Waals surface area contributed by atoms with Crippen molar-refractivity contribution in [3.63, 3.8) is 0 Å². The molecule has 0 atom stereocenters. The van der Waals surface area contributed by atoms with E-state index in [1.807, 2.05) is 35.0 Å². The molecule has 0 radical (unpaired) electrons. The Balaban J connectivity index is 2.04. The molecule has 1 heterocycles. The van der Waals surface area contributed by atoms with Crippen molar-refractivity contribution >= 4 is 27.0 Å². The van der Waals surface area contributed by atoms with E-state index < -0.39 is 0 Å². The molecule has 0 amide bonds. The smallest absolute Gasteiger partial charge is 0.113 e. The van der Waals surface area contributed by atoms with E-state index >= 15 is 0 Å². The summed E-state index contributed by atoms with van der Waals surface area (Å²) < 4.78 is 2.98. The van der Waals surface area contributed by atoms with Crippen molar-refractivity contribution < 1.29 is 0 Å². The van der Waals surface area contributed by atoms with E-state index in [9.17, 15) is 0 Å². The van der Waals surface area contributed by atoms with Crippen molar-refractivity contribution in [3.8, 4) is 5.69 Å². The van der Waals surface area contributed by atoms with Gasteiger partial charge in [0, 0.05) is 11.0 Å². The van der Waals surface area contributed by atoms with Gasteiger partial charge in [-0.1, -0.05) is 40.2 Å². The van der Waals surface area contributed by atoms with Crippen LogP contribution in [-0.4, -0.2) is 21.5 Å². The summed E-state index contributed by atoms with van der Waals surface area (Å²) in [5.74, 6) is 0. The van der Waals surface area contributed by atoms with Crippen LogP contribution in [0.1, 0.15) is 18.9 Å². The van der Waals surface area contributed by atoms with Gasteiger partial charge in [-0.2, -0.15) is 0 Å². The SMILES string of the molecule is CCCNCc1cc(Br)ccc1-n1nnc2ccccc21. The van der Waals surface area contributed by atoms with Gasteiger partial charge < -0.3 is 5.32 Å². The van der Waals surface area contributed by atoms with Crippen molar-refractivity contribution in [2.24, 2.45) is 0 Å². The molecule has 1 N–H and O–H groups in total. The van der Waals surface area contributed by atoms with Crippen LogP contribution in [-0.2, 0) is 6.54 Å². The number of nitrogens with one attached hydrogen (secondary N) is 1. The van der Waals surface area contributed by atoms with Crippen LogP contribution in [0, 0.1) is 0 Å². The van der Waals surface area contributed by atoms with Gasteiger partial charge in [-0.15, -0.1) is 5.10 Å². The standard InChI is InChI=1S/C16H17BrN4/c1-2-9-18-11-12-10-13(17)7-8-15(12)21-16-6-4-3-5-14(16)19-20-21/h3-8,10,18H,2,9,11H2,1H3. The first-order valence-electron chi connectivity index (χ1n) is 7.09. The quantitative estimate of drug-likeness (QED) is 0.718. The number of aromatic nitrogens is 3. The average molecular weight is 345 g/mol.